The first kappa shape index (κ1) is 10.4. The van der Waals surface area contributed by atoms with Gasteiger partial charge in [0.1, 0.15) is 0 Å². The maximum Gasteiger partial charge on any atom is 0.0434 e. The van der Waals surface area contributed by atoms with Crippen LogP contribution >= 0.6 is 0 Å². The van der Waals surface area contributed by atoms with Crippen molar-refractivity contribution in [1.82, 2.24) is 4.90 Å². The molecule has 2 rings (SSSR count). The van der Waals surface area contributed by atoms with E-state index in [1.165, 1.54) is 51.7 Å². The molecule has 1 aliphatic heterocycles. The van der Waals surface area contributed by atoms with E-state index < -0.39 is 0 Å². The Balaban J connectivity index is 1.64. The molecule has 82 valence electrons. The van der Waals surface area contributed by atoms with Gasteiger partial charge in [-0.2, -0.15) is 0 Å². The second-order valence-electron chi connectivity index (χ2n) is 5.05. The summed E-state index contributed by atoms with van der Waals surface area (Å²) in [4.78, 5) is 2.61. The van der Waals surface area contributed by atoms with E-state index >= 15 is 0 Å². The van der Waals surface area contributed by atoms with E-state index in [0.29, 0.717) is 6.61 Å². The fourth-order valence-electron chi connectivity index (χ4n) is 2.54. The van der Waals surface area contributed by atoms with Gasteiger partial charge in [0.2, 0.25) is 0 Å². The van der Waals surface area contributed by atoms with Gasteiger partial charge in [0.25, 0.3) is 0 Å². The highest BCUT2D eigenvalue weighted by molar-refractivity contribution is 4.77. The van der Waals surface area contributed by atoms with Gasteiger partial charge < -0.3 is 10.0 Å². The maximum atomic E-state index is 8.91. The number of piperidine rings is 1. The molecular formula is C12H23NO. The minimum atomic E-state index is 0.376. The maximum absolute atomic E-state index is 8.91. The summed E-state index contributed by atoms with van der Waals surface area (Å²) in [5.74, 6) is 1.83. The molecule has 14 heavy (non-hydrogen) atoms. The molecule has 0 aromatic carbocycles. The number of aliphatic hydroxyl groups is 1. The molecule has 0 spiro atoms. The highest BCUT2D eigenvalue weighted by atomic mass is 16.3. The topological polar surface area (TPSA) is 23.5 Å². The van der Waals surface area contributed by atoms with Gasteiger partial charge in [0.05, 0.1) is 0 Å². The minimum absolute atomic E-state index is 0.376. The Morgan fingerprint density at radius 1 is 1.07 bits per heavy atom. The van der Waals surface area contributed by atoms with E-state index in [1.807, 2.05) is 0 Å². The minimum Gasteiger partial charge on any atom is -0.396 e. The van der Waals surface area contributed by atoms with Crippen LogP contribution in [0.3, 0.4) is 0 Å². The van der Waals surface area contributed by atoms with Crippen LogP contribution in [0.15, 0.2) is 0 Å². The zero-order chi connectivity index (χ0) is 9.80. The standard InChI is InChI=1S/C12H23NO/c14-9-6-12-2-1-7-13(10-12)8-5-11-3-4-11/h11-12,14H,1-10H2. The highest BCUT2D eigenvalue weighted by Gasteiger charge is 2.24. The SMILES string of the molecule is OCCC1CCCN(CCC2CC2)C1. The van der Waals surface area contributed by atoms with Crippen LogP contribution in [0.25, 0.3) is 0 Å². The molecule has 1 aliphatic carbocycles. The van der Waals surface area contributed by atoms with Crippen LogP contribution in [0.2, 0.25) is 0 Å². The number of likely N-dealkylation sites (tertiary alicyclic amines) is 1. The van der Waals surface area contributed by atoms with Crippen molar-refractivity contribution in [3.63, 3.8) is 0 Å². The molecule has 2 heteroatoms. The first-order valence-corrected chi connectivity index (χ1v) is 6.21. The van der Waals surface area contributed by atoms with Gasteiger partial charge >= 0.3 is 0 Å². The monoisotopic (exact) mass is 197 g/mol. The largest absolute Gasteiger partial charge is 0.396 e. The lowest BCUT2D eigenvalue weighted by molar-refractivity contribution is 0.145. The molecular weight excluding hydrogens is 174 g/mol. The summed E-state index contributed by atoms with van der Waals surface area (Å²) in [5.41, 5.74) is 0. The molecule has 1 unspecified atom stereocenters. The second-order valence-corrected chi connectivity index (χ2v) is 5.05. The summed E-state index contributed by atoms with van der Waals surface area (Å²) in [5, 5.41) is 8.91. The smallest absolute Gasteiger partial charge is 0.0434 e. The van der Waals surface area contributed by atoms with Crippen LogP contribution in [0, 0.1) is 11.8 Å². The fraction of sp³-hybridized carbons (Fsp3) is 1.00. The zero-order valence-corrected chi connectivity index (χ0v) is 9.12. The molecule has 1 atom stereocenters. The van der Waals surface area contributed by atoms with Crippen LogP contribution in [0.1, 0.15) is 38.5 Å². The van der Waals surface area contributed by atoms with Crippen LogP contribution in [0.5, 0.6) is 0 Å². The predicted octanol–water partition coefficient (Wildman–Crippen LogP) is 1.88. The van der Waals surface area contributed by atoms with E-state index in [2.05, 4.69) is 4.90 Å². The summed E-state index contributed by atoms with van der Waals surface area (Å²) in [6.07, 6.45) is 8.07. The van der Waals surface area contributed by atoms with E-state index in [-0.39, 0.29) is 0 Å². The Labute approximate surface area is 87.3 Å². The summed E-state index contributed by atoms with van der Waals surface area (Å²) in [6, 6.07) is 0. The van der Waals surface area contributed by atoms with Crippen LogP contribution in [-0.2, 0) is 0 Å². The molecule has 1 saturated heterocycles. The van der Waals surface area contributed by atoms with Crippen molar-refractivity contribution in [3.8, 4) is 0 Å². The van der Waals surface area contributed by atoms with Crippen molar-refractivity contribution in [2.45, 2.75) is 38.5 Å². The molecule has 0 amide bonds. The van der Waals surface area contributed by atoms with Gasteiger partial charge in [-0.3, -0.25) is 0 Å². The van der Waals surface area contributed by atoms with E-state index in [1.54, 1.807) is 0 Å². The Hall–Kier alpha value is -0.0800. The van der Waals surface area contributed by atoms with E-state index in [9.17, 15) is 0 Å². The fourth-order valence-corrected chi connectivity index (χ4v) is 2.54. The van der Waals surface area contributed by atoms with Crippen molar-refractivity contribution in [2.75, 3.05) is 26.2 Å². The van der Waals surface area contributed by atoms with E-state index in [0.717, 1.165) is 18.3 Å². The zero-order valence-electron chi connectivity index (χ0n) is 9.12. The third kappa shape index (κ3) is 3.25. The van der Waals surface area contributed by atoms with Crippen molar-refractivity contribution >= 4 is 0 Å². The Bertz CT molecular complexity index is 166. The molecule has 0 radical (unpaired) electrons. The molecule has 1 N–H and O–H groups in total. The van der Waals surface area contributed by atoms with Crippen LogP contribution in [-0.4, -0.2) is 36.2 Å². The number of hydrogen-bond donors (Lipinski definition) is 1. The second kappa shape index (κ2) is 5.13. The average Bonchev–Trinajstić information content (AvgIpc) is 2.99. The number of rotatable bonds is 5. The van der Waals surface area contributed by atoms with Gasteiger partial charge in [0.15, 0.2) is 0 Å². The normalized spacial score (nSPS) is 29.4. The molecule has 0 aromatic rings. The van der Waals surface area contributed by atoms with Crippen molar-refractivity contribution in [1.29, 1.82) is 0 Å². The first-order valence-electron chi connectivity index (χ1n) is 6.21. The number of hydrogen-bond acceptors (Lipinski definition) is 2. The van der Waals surface area contributed by atoms with Crippen LogP contribution in [0.4, 0.5) is 0 Å². The summed E-state index contributed by atoms with van der Waals surface area (Å²) in [7, 11) is 0. The molecule has 2 fully saturated rings. The van der Waals surface area contributed by atoms with Gasteiger partial charge in [0, 0.05) is 13.2 Å². The van der Waals surface area contributed by atoms with Gasteiger partial charge in [-0.05, 0) is 50.6 Å². The predicted molar refractivity (Wildman–Crippen MR) is 58.2 cm³/mol. The lowest BCUT2D eigenvalue weighted by Crippen LogP contribution is -2.36. The molecule has 0 aromatic heterocycles. The van der Waals surface area contributed by atoms with Crippen molar-refractivity contribution in [3.05, 3.63) is 0 Å². The molecule has 2 aliphatic rings. The first-order chi connectivity index (χ1) is 6.88. The number of nitrogens with zero attached hydrogens (tertiary/aromatic N) is 1. The lowest BCUT2D eigenvalue weighted by atomic mass is 9.95. The third-order valence-corrected chi connectivity index (χ3v) is 3.69. The number of aliphatic hydroxyl groups excluding tert-OH is 1. The summed E-state index contributed by atoms with van der Waals surface area (Å²) < 4.78 is 0. The Kier molecular flexibility index (Phi) is 3.82. The molecule has 1 heterocycles. The van der Waals surface area contributed by atoms with Gasteiger partial charge in [-0.1, -0.05) is 12.8 Å². The average molecular weight is 197 g/mol. The molecule has 0 bridgehead atoms. The summed E-state index contributed by atoms with van der Waals surface area (Å²) in [6.45, 7) is 4.23. The third-order valence-electron chi connectivity index (χ3n) is 3.69. The van der Waals surface area contributed by atoms with E-state index in [4.69, 9.17) is 5.11 Å². The summed E-state index contributed by atoms with van der Waals surface area (Å²) >= 11 is 0. The molecule has 2 nitrogen and oxygen atoms in total. The lowest BCUT2D eigenvalue weighted by Gasteiger charge is -2.32. The van der Waals surface area contributed by atoms with Gasteiger partial charge in [-0.15, -0.1) is 0 Å². The highest BCUT2D eigenvalue weighted by Crippen LogP contribution is 2.33. The Morgan fingerprint density at radius 3 is 2.64 bits per heavy atom. The van der Waals surface area contributed by atoms with Crippen molar-refractivity contribution < 1.29 is 5.11 Å². The van der Waals surface area contributed by atoms with Crippen LogP contribution < -0.4 is 0 Å². The quantitative estimate of drug-likeness (QED) is 0.727. The van der Waals surface area contributed by atoms with Crippen molar-refractivity contribution in [2.24, 2.45) is 11.8 Å². The molecule has 1 saturated carbocycles. The van der Waals surface area contributed by atoms with Gasteiger partial charge in [-0.25, -0.2) is 0 Å². The Morgan fingerprint density at radius 2 is 1.93 bits per heavy atom.